The highest BCUT2D eigenvalue weighted by atomic mass is 16.5. The van der Waals surface area contributed by atoms with Crippen LogP contribution in [0.25, 0.3) is 22.2 Å². The second-order valence-electron chi connectivity index (χ2n) is 9.35. The number of hydrogen-bond acceptors (Lipinski definition) is 7. The number of methoxy groups -OCH3 is 1. The fourth-order valence-corrected chi connectivity index (χ4v) is 4.86. The summed E-state index contributed by atoms with van der Waals surface area (Å²) >= 11 is 0. The summed E-state index contributed by atoms with van der Waals surface area (Å²) in [5.41, 5.74) is 3.57. The zero-order chi connectivity index (χ0) is 25.8. The number of nitrogens with one attached hydrogen (secondary N) is 2. The van der Waals surface area contributed by atoms with Crippen molar-refractivity contribution in [1.29, 1.82) is 0 Å². The number of rotatable bonds is 9. The molecule has 5 rings (SSSR count). The minimum atomic E-state index is -0.113. The van der Waals surface area contributed by atoms with Gasteiger partial charge < -0.3 is 20.1 Å². The number of aromatic nitrogens is 5. The Morgan fingerprint density at radius 3 is 2.59 bits per heavy atom. The summed E-state index contributed by atoms with van der Waals surface area (Å²) in [7, 11) is 5.40. The maximum absolute atomic E-state index is 12.2. The molecular weight excluding hydrogens is 470 g/mol. The smallest absolute Gasteiger partial charge is 0.251 e. The SMILES string of the molecule is CNc1cc2c(cn1)c(-c1cnn(C)c1)nn2[C@H]1CC[C@@H](Oc2ccc(C(=O)NCCOC)cc2)CC1. The number of benzene rings is 1. The summed E-state index contributed by atoms with van der Waals surface area (Å²) in [6.07, 6.45) is 9.63. The molecule has 0 radical (unpaired) electrons. The van der Waals surface area contributed by atoms with Crippen LogP contribution in [0.1, 0.15) is 42.1 Å². The molecule has 4 aromatic rings. The predicted octanol–water partition coefficient (Wildman–Crippen LogP) is 3.81. The second-order valence-corrected chi connectivity index (χ2v) is 9.35. The quantitative estimate of drug-likeness (QED) is 0.334. The van der Waals surface area contributed by atoms with E-state index in [1.165, 1.54) is 0 Å². The molecule has 3 heterocycles. The summed E-state index contributed by atoms with van der Waals surface area (Å²) < 4.78 is 15.2. The summed E-state index contributed by atoms with van der Waals surface area (Å²) in [6.45, 7) is 0.973. The van der Waals surface area contributed by atoms with Crippen molar-refractivity contribution in [3.05, 3.63) is 54.5 Å². The number of carbonyl (C=O) groups excluding carboxylic acids is 1. The van der Waals surface area contributed by atoms with Crippen LogP contribution in [0.2, 0.25) is 0 Å². The highest BCUT2D eigenvalue weighted by Gasteiger charge is 2.27. The number of nitrogens with zero attached hydrogens (tertiary/aromatic N) is 5. The number of amides is 1. The number of carbonyl (C=O) groups is 1. The van der Waals surface area contributed by atoms with Crippen LogP contribution >= 0.6 is 0 Å². The fourth-order valence-electron chi connectivity index (χ4n) is 4.86. The molecule has 10 nitrogen and oxygen atoms in total. The van der Waals surface area contributed by atoms with Gasteiger partial charge in [0.2, 0.25) is 0 Å². The van der Waals surface area contributed by atoms with E-state index in [0.29, 0.717) is 18.7 Å². The van der Waals surface area contributed by atoms with Crippen molar-refractivity contribution in [1.82, 2.24) is 29.9 Å². The van der Waals surface area contributed by atoms with Crippen LogP contribution in [0.4, 0.5) is 5.82 Å². The van der Waals surface area contributed by atoms with Crippen LogP contribution in [-0.4, -0.2) is 63.9 Å². The van der Waals surface area contributed by atoms with Gasteiger partial charge in [-0.05, 0) is 49.9 Å². The molecule has 194 valence electrons. The molecule has 0 bridgehead atoms. The highest BCUT2D eigenvalue weighted by Crippen LogP contribution is 2.36. The molecule has 0 aliphatic heterocycles. The zero-order valence-corrected chi connectivity index (χ0v) is 21.5. The highest BCUT2D eigenvalue weighted by molar-refractivity contribution is 5.94. The van der Waals surface area contributed by atoms with E-state index in [2.05, 4.69) is 31.5 Å². The van der Waals surface area contributed by atoms with E-state index in [1.807, 2.05) is 44.8 Å². The van der Waals surface area contributed by atoms with E-state index in [1.54, 1.807) is 23.9 Å². The summed E-state index contributed by atoms with van der Waals surface area (Å²) in [5, 5.41) is 16.4. The van der Waals surface area contributed by atoms with Gasteiger partial charge >= 0.3 is 0 Å². The van der Waals surface area contributed by atoms with E-state index >= 15 is 0 Å². The van der Waals surface area contributed by atoms with E-state index in [4.69, 9.17) is 14.6 Å². The van der Waals surface area contributed by atoms with Gasteiger partial charge in [-0.15, -0.1) is 0 Å². The van der Waals surface area contributed by atoms with Crippen molar-refractivity contribution in [2.45, 2.75) is 37.8 Å². The normalized spacial score (nSPS) is 17.6. The van der Waals surface area contributed by atoms with Gasteiger partial charge in [0.25, 0.3) is 5.91 Å². The molecule has 1 amide bonds. The molecule has 2 N–H and O–H groups in total. The van der Waals surface area contributed by atoms with Crippen LogP contribution in [0.3, 0.4) is 0 Å². The standard InChI is InChI=1S/C27H33N7O3/c1-28-25-14-24-23(16-30-25)26(19-15-31-33(2)17-19)32-34(24)20-6-10-22(11-7-20)37-21-8-4-18(5-9-21)27(35)29-12-13-36-3/h4-5,8-9,14-17,20,22H,6-7,10-13H2,1-3H3,(H,28,30)(H,29,35)/t20-,22+. The second kappa shape index (κ2) is 11.0. The maximum atomic E-state index is 12.2. The molecule has 0 unspecified atom stereocenters. The third-order valence-corrected chi connectivity index (χ3v) is 6.83. The Hall–Kier alpha value is -3.92. The summed E-state index contributed by atoms with van der Waals surface area (Å²) in [5.74, 6) is 1.49. The van der Waals surface area contributed by atoms with Crippen LogP contribution in [-0.2, 0) is 11.8 Å². The lowest BCUT2D eigenvalue weighted by Gasteiger charge is -2.29. The Kier molecular flexibility index (Phi) is 7.36. The number of pyridine rings is 1. The number of fused-ring (bicyclic) bond motifs is 1. The maximum Gasteiger partial charge on any atom is 0.251 e. The van der Waals surface area contributed by atoms with Crippen molar-refractivity contribution in [3.8, 4) is 17.0 Å². The van der Waals surface area contributed by atoms with Gasteiger partial charge in [-0.1, -0.05) is 0 Å². The zero-order valence-electron chi connectivity index (χ0n) is 21.5. The van der Waals surface area contributed by atoms with Gasteiger partial charge in [0.05, 0.1) is 30.5 Å². The van der Waals surface area contributed by atoms with Crippen LogP contribution in [0.5, 0.6) is 5.75 Å². The van der Waals surface area contributed by atoms with E-state index < -0.39 is 0 Å². The first-order valence-corrected chi connectivity index (χ1v) is 12.6. The number of hydrogen-bond donors (Lipinski definition) is 2. The number of ether oxygens (including phenoxy) is 2. The van der Waals surface area contributed by atoms with Gasteiger partial charge in [-0.25, -0.2) is 4.98 Å². The van der Waals surface area contributed by atoms with Gasteiger partial charge in [-0.3, -0.25) is 14.2 Å². The van der Waals surface area contributed by atoms with Gasteiger partial charge in [-0.2, -0.15) is 10.2 Å². The van der Waals surface area contributed by atoms with Gasteiger partial charge in [0.15, 0.2) is 0 Å². The summed E-state index contributed by atoms with van der Waals surface area (Å²) in [6, 6.07) is 9.67. The van der Waals surface area contributed by atoms with E-state index in [0.717, 1.165) is 59.4 Å². The summed E-state index contributed by atoms with van der Waals surface area (Å²) in [4.78, 5) is 16.7. The lowest BCUT2D eigenvalue weighted by Crippen LogP contribution is -2.27. The third kappa shape index (κ3) is 5.43. The third-order valence-electron chi connectivity index (χ3n) is 6.83. The first-order chi connectivity index (χ1) is 18.1. The lowest BCUT2D eigenvalue weighted by molar-refractivity contribution is 0.0937. The molecule has 1 saturated carbocycles. The average Bonchev–Trinajstić information content (AvgIpc) is 3.52. The fraction of sp³-hybridized carbons (Fsp3) is 0.407. The molecule has 37 heavy (non-hydrogen) atoms. The van der Waals surface area contributed by atoms with Gasteiger partial charge in [0, 0.05) is 62.7 Å². The van der Waals surface area contributed by atoms with Crippen molar-refractivity contribution in [2.24, 2.45) is 7.05 Å². The minimum Gasteiger partial charge on any atom is -0.490 e. The van der Waals surface area contributed by atoms with Crippen molar-refractivity contribution >= 4 is 22.6 Å². The van der Waals surface area contributed by atoms with Crippen molar-refractivity contribution < 1.29 is 14.3 Å². The minimum absolute atomic E-state index is 0.113. The molecule has 1 aromatic carbocycles. The average molecular weight is 504 g/mol. The first-order valence-electron chi connectivity index (χ1n) is 12.6. The Balaban J connectivity index is 1.26. The Morgan fingerprint density at radius 2 is 1.92 bits per heavy atom. The predicted molar refractivity (Wildman–Crippen MR) is 142 cm³/mol. The first kappa shape index (κ1) is 24.8. The molecule has 0 spiro atoms. The van der Waals surface area contributed by atoms with Crippen molar-refractivity contribution in [2.75, 3.05) is 32.6 Å². The molecule has 10 heteroatoms. The van der Waals surface area contributed by atoms with Crippen LogP contribution in [0, 0.1) is 0 Å². The molecule has 1 aliphatic carbocycles. The Morgan fingerprint density at radius 1 is 1.14 bits per heavy atom. The lowest BCUT2D eigenvalue weighted by atomic mass is 9.93. The van der Waals surface area contributed by atoms with E-state index in [-0.39, 0.29) is 18.1 Å². The molecule has 0 saturated heterocycles. The largest absolute Gasteiger partial charge is 0.490 e. The van der Waals surface area contributed by atoms with Crippen molar-refractivity contribution in [3.63, 3.8) is 0 Å². The molecule has 1 fully saturated rings. The van der Waals surface area contributed by atoms with Gasteiger partial charge in [0.1, 0.15) is 17.3 Å². The molecule has 0 atom stereocenters. The van der Waals surface area contributed by atoms with E-state index in [9.17, 15) is 4.79 Å². The topological polar surface area (TPSA) is 108 Å². The monoisotopic (exact) mass is 503 g/mol. The molecular formula is C27H33N7O3. The number of anilines is 1. The Labute approximate surface area is 216 Å². The Bertz CT molecular complexity index is 1350. The van der Waals surface area contributed by atoms with Crippen LogP contribution < -0.4 is 15.4 Å². The molecule has 1 aliphatic rings. The number of aryl methyl sites for hydroxylation is 1. The van der Waals surface area contributed by atoms with Crippen LogP contribution in [0.15, 0.2) is 48.9 Å². The molecule has 3 aromatic heterocycles.